The fourth-order valence-corrected chi connectivity index (χ4v) is 82.6. The van der Waals surface area contributed by atoms with Crippen LogP contribution in [0, 0.1) is 12.3 Å². The molecule has 0 unspecified atom stereocenters. The Morgan fingerprint density at radius 3 is 0.919 bits per heavy atom. The molecule has 0 bridgehead atoms. The topological polar surface area (TPSA) is 0 Å². The number of hydrogen-bond acceptors (Lipinski definition) is 0. The van der Waals surface area contributed by atoms with Crippen molar-refractivity contribution in [3.05, 3.63) is 133 Å². The molecule has 0 nitrogen and oxygen atoms in total. The Labute approximate surface area is 243 Å². The summed E-state index contributed by atoms with van der Waals surface area (Å²) in [7, 11) is -5.47. The summed E-state index contributed by atoms with van der Waals surface area (Å²) in [5, 5.41) is 4.95. The van der Waals surface area contributed by atoms with Gasteiger partial charge in [-0.1, -0.05) is 164 Å². The summed E-state index contributed by atoms with van der Waals surface area (Å²) in [4.78, 5) is 0. The number of hydrogen-bond donors (Lipinski definition) is 0. The Kier molecular flexibility index (Phi) is 11.5. The first-order valence-electron chi connectivity index (χ1n) is 12.6. The second-order valence-corrected chi connectivity index (χ2v) is 43.3. The third kappa shape index (κ3) is 7.53. The smallest absolute Gasteiger partial charge is 0.0673 e. The van der Waals surface area contributed by atoms with Gasteiger partial charge < -0.3 is 6.42 Å². The van der Waals surface area contributed by atoms with Crippen LogP contribution >= 0.6 is 0 Å². The number of rotatable bonds is 6. The number of benzene rings is 4. The van der Waals surface area contributed by atoms with Gasteiger partial charge in [0.05, 0.1) is 22.8 Å². The van der Waals surface area contributed by atoms with E-state index in [4.69, 9.17) is 6.42 Å². The van der Waals surface area contributed by atoms with Gasteiger partial charge in [-0.2, -0.15) is 0 Å². The molecule has 0 atom stereocenters. The van der Waals surface area contributed by atoms with Crippen LogP contribution in [0.4, 0.5) is 0 Å². The zero-order chi connectivity index (χ0) is 26.2. The molecule has 4 aromatic rings. The van der Waals surface area contributed by atoms with Crippen LogP contribution in [0.2, 0.25) is 39.3 Å². The molecule has 0 saturated heterocycles. The minimum absolute atomic E-state index is 0. The van der Waals surface area contributed by atoms with Crippen molar-refractivity contribution in [2.75, 3.05) is 0 Å². The van der Waals surface area contributed by atoms with Gasteiger partial charge in [0.1, 0.15) is 0 Å². The maximum Gasteiger partial charge on any atom is 0.0673 e. The van der Waals surface area contributed by atoms with E-state index in [9.17, 15) is 0 Å². The summed E-state index contributed by atoms with van der Waals surface area (Å²) in [6, 6.07) is 43.9. The molecule has 0 aliphatic carbocycles. The molecule has 5 heteroatoms. The molecule has 0 heterocycles. The SMILES string of the molecule is C[Si](C)(c1ccccc1)[Si]([Si](C)(C)c1ccccc1)[Si](C)(C)c1ccccc1.[C-]#Cc1ccccc1.[Pt]. The Balaban J connectivity index is 0.000000457. The van der Waals surface area contributed by atoms with Gasteiger partial charge in [-0.15, -0.1) is 17.7 Å². The molecule has 193 valence electrons. The van der Waals surface area contributed by atoms with Gasteiger partial charge in [-0.3, -0.25) is 5.92 Å². The van der Waals surface area contributed by atoms with E-state index < -0.39 is 30.1 Å². The Morgan fingerprint density at radius 1 is 0.459 bits per heavy atom. The van der Waals surface area contributed by atoms with Crippen LogP contribution in [0.1, 0.15) is 5.56 Å². The first-order chi connectivity index (χ1) is 17.1. The van der Waals surface area contributed by atoms with Crippen LogP contribution in [-0.2, 0) is 21.1 Å². The molecule has 0 aliphatic rings. The molecule has 0 amide bonds. The van der Waals surface area contributed by atoms with Gasteiger partial charge in [0.25, 0.3) is 0 Å². The second-order valence-electron chi connectivity index (χ2n) is 10.8. The van der Waals surface area contributed by atoms with Gasteiger partial charge in [0.15, 0.2) is 0 Å². The minimum Gasteiger partial charge on any atom is -0.366 e. The molecular weight excluding hydrogens is 692 g/mol. The average molecular weight is 730 g/mol. The average Bonchev–Trinajstić information content (AvgIpc) is 2.90. The zero-order valence-corrected chi connectivity index (χ0v) is 29.1. The molecule has 0 N–H and O–H groups in total. The van der Waals surface area contributed by atoms with Gasteiger partial charge in [0, 0.05) is 28.4 Å². The zero-order valence-electron chi connectivity index (χ0n) is 22.9. The molecule has 0 spiro atoms. The maximum atomic E-state index is 6.69. The fourth-order valence-electron chi connectivity index (χ4n) is 5.86. The standard InChI is InChI=1S/C24H33Si4.C8H5.Pt/c1-26(2,22-16-10-7-11-17-22)25(27(3,4)23-18-12-8-13-19-23)28(5,6)24-20-14-9-15-21-24;1-2-8-6-4-3-5-7-8;/h7-21H,1-6H3;3-7H;/q;-1;. The van der Waals surface area contributed by atoms with Crippen molar-refractivity contribution in [1.29, 1.82) is 0 Å². The largest absolute Gasteiger partial charge is 0.366 e. The van der Waals surface area contributed by atoms with Crippen LogP contribution in [0.3, 0.4) is 0 Å². The van der Waals surface area contributed by atoms with E-state index in [1.165, 1.54) is 0 Å². The van der Waals surface area contributed by atoms with E-state index in [-0.39, 0.29) is 21.1 Å². The second kappa shape index (κ2) is 13.7. The molecular formula is C32H38PtSi4-. The van der Waals surface area contributed by atoms with E-state index in [2.05, 4.69) is 136 Å². The first kappa shape index (κ1) is 31.2. The summed E-state index contributed by atoms with van der Waals surface area (Å²) < 4.78 is 0. The van der Waals surface area contributed by atoms with Crippen molar-refractivity contribution in [3.8, 4) is 5.92 Å². The minimum atomic E-state index is -1.62. The fraction of sp³-hybridized carbons (Fsp3) is 0.188. The third-order valence-corrected chi connectivity index (χ3v) is 64.0. The Hall–Kier alpha value is -2.00. The molecule has 37 heavy (non-hydrogen) atoms. The van der Waals surface area contributed by atoms with E-state index in [1.807, 2.05) is 30.3 Å². The molecule has 0 aliphatic heterocycles. The van der Waals surface area contributed by atoms with Crippen molar-refractivity contribution >= 4 is 45.7 Å². The molecule has 4 aromatic carbocycles. The van der Waals surface area contributed by atoms with Gasteiger partial charge in [-0.05, 0) is 0 Å². The molecule has 0 saturated carbocycles. The van der Waals surface area contributed by atoms with Crippen LogP contribution in [0.5, 0.6) is 0 Å². The van der Waals surface area contributed by atoms with Crippen LogP contribution in [-0.4, -0.2) is 30.1 Å². The van der Waals surface area contributed by atoms with Crippen LogP contribution < -0.4 is 15.6 Å². The van der Waals surface area contributed by atoms with Gasteiger partial charge >= 0.3 is 0 Å². The summed E-state index contributed by atoms with van der Waals surface area (Å²) in [6.07, 6.45) is 6.69. The molecule has 0 fully saturated rings. The molecule has 0 aromatic heterocycles. The van der Waals surface area contributed by atoms with E-state index in [1.54, 1.807) is 15.6 Å². The monoisotopic (exact) mass is 729 g/mol. The Morgan fingerprint density at radius 2 is 0.703 bits per heavy atom. The van der Waals surface area contributed by atoms with Gasteiger partial charge in [0.2, 0.25) is 0 Å². The van der Waals surface area contributed by atoms with E-state index in [0.29, 0.717) is 0 Å². The van der Waals surface area contributed by atoms with E-state index >= 15 is 0 Å². The van der Waals surface area contributed by atoms with Crippen molar-refractivity contribution in [2.45, 2.75) is 39.3 Å². The van der Waals surface area contributed by atoms with Crippen molar-refractivity contribution in [1.82, 2.24) is 0 Å². The quantitative estimate of drug-likeness (QED) is 0.126. The summed E-state index contributed by atoms with van der Waals surface area (Å²) in [6.45, 7) is 16.0. The summed E-state index contributed by atoms with van der Waals surface area (Å²) in [5.41, 5.74) is 0.826. The van der Waals surface area contributed by atoms with Gasteiger partial charge in [-0.25, -0.2) is 0 Å². The predicted octanol–water partition coefficient (Wildman–Crippen LogP) is 6.19. The summed E-state index contributed by atoms with van der Waals surface area (Å²) >= 11 is 0. The first-order valence-corrected chi connectivity index (χ1v) is 26.1. The normalized spacial score (nSPS) is 11.5. The third-order valence-electron chi connectivity index (χ3n) is 7.28. The van der Waals surface area contributed by atoms with Crippen LogP contribution in [0.25, 0.3) is 0 Å². The maximum absolute atomic E-state index is 6.69. The van der Waals surface area contributed by atoms with Crippen molar-refractivity contribution < 1.29 is 21.1 Å². The summed E-state index contributed by atoms with van der Waals surface area (Å²) in [5.74, 6) is 2.28. The van der Waals surface area contributed by atoms with E-state index in [0.717, 1.165) is 5.56 Å². The van der Waals surface area contributed by atoms with Crippen molar-refractivity contribution in [2.24, 2.45) is 0 Å². The molecule has 1 radical (unpaired) electrons. The van der Waals surface area contributed by atoms with Crippen LogP contribution in [0.15, 0.2) is 121 Å². The van der Waals surface area contributed by atoms with Crippen molar-refractivity contribution in [3.63, 3.8) is 0 Å². The molecule has 4 rings (SSSR count). The Bertz CT molecular complexity index is 1130. The predicted molar refractivity (Wildman–Crippen MR) is 169 cm³/mol.